The first kappa shape index (κ1) is 27.1. The predicted octanol–water partition coefficient (Wildman–Crippen LogP) is 4.43. The molecule has 2 atom stereocenters. The summed E-state index contributed by atoms with van der Waals surface area (Å²) in [5.41, 5.74) is 7.67. The van der Waals surface area contributed by atoms with Gasteiger partial charge in [-0.25, -0.2) is 9.97 Å². The Balaban J connectivity index is 1.23. The molecule has 2 aliphatic rings. The molecule has 0 aliphatic carbocycles. The Hall–Kier alpha value is -2.50. The quantitative estimate of drug-likeness (QED) is 0.445. The van der Waals surface area contributed by atoms with E-state index in [4.69, 9.17) is 38.1 Å². The summed E-state index contributed by atoms with van der Waals surface area (Å²) in [6.07, 6.45) is 3.16. The van der Waals surface area contributed by atoms with E-state index in [0.717, 1.165) is 62.6 Å². The molecule has 0 amide bonds. The monoisotopic (exact) mass is 560 g/mol. The lowest BCUT2D eigenvalue weighted by Gasteiger charge is -2.48. The fourth-order valence-electron chi connectivity index (χ4n) is 5.65. The highest BCUT2D eigenvalue weighted by molar-refractivity contribution is 6.32. The first-order chi connectivity index (χ1) is 18.4. The number of hydrogen-bond donors (Lipinski definition) is 1. The number of nitrogens with zero attached hydrogens (tertiary/aromatic N) is 7. The van der Waals surface area contributed by atoms with Gasteiger partial charge in [0.1, 0.15) is 6.23 Å². The van der Waals surface area contributed by atoms with E-state index in [0.29, 0.717) is 29.5 Å². The summed E-state index contributed by atoms with van der Waals surface area (Å²) >= 11 is 12.7. The molecule has 1 aromatic carbocycles. The van der Waals surface area contributed by atoms with Crippen LogP contribution in [0.2, 0.25) is 10.2 Å². The van der Waals surface area contributed by atoms with Gasteiger partial charge < -0.3 is 19.8 Å². The highest BCUT2D eigenvalue weighted by atomic mass is 35.5. The maximum absolute atomic E-state index is 6.59. The Bertz CT molecular complexity index is 1230. The zero-order valence-corrected chi connectivity index (χ0v) is 23.5. The van der Waals surface area contributed by atoms with Crippen LogP contribution in [0.25, 0.3) is 11.6 Å². The summed E-state index contributed by atoms with van der Waals surface area (Å²) in [6, 6.07) is 8.84. The third kappa shape index (κ3) is 5.60. The van der Waals surface area contributed by atoms with Crippen LogP contribution in [0.3, 0.4) is 0 Å². The standard InChI is InChI=1S/C26H34Cl2N8O2/c1-4-19-15-35(24-22(28)30-21(23(29)31-24)25-33-32-16(2)38-25)13-14-36(19)20-9-11-34(12-10-20)26(37-3)17-5-7-18(27)8-6-17/h5-8,19-20,26H,4,9-15H2,1-3H3,(H2,29,31)/t19-,26-/m0/s1. The van der Waals surface area contributed by atoms with Crippen molar-refractivity contribution in [2.45, 2.75) is 51.4 Å². The van der Waals surface area contributed by atoms with Gasteiger partial charge in [-0.15, -0.1) is 10.2 Å². The van der Waals surface area contributed by atoms with Gasteiger partial charge in [-0.05, 0) is 37.0 Å². The number of rotatable bonds is 7. The highest BCUT2D eigenvalue weighted by Crippen LogP contribution is 2.33. The number of aryl methyl sites for hydroxylation is 1. The Morgan fingerprint density at radius 3 is 2.45 bits per heavy atom. The van der Waals surface area contributed by atoms with Crippen molar-refractivity contribution in [1.82, 2.24) is 30.0 Å². The fraction of sp³-hybridized carbons (Fsp3) is 0.538. The smallest absolute Gasteiger partial charge is 0.270 e. The number of methoxy groups -OCH3 is 1. The average molecular weight is 562 g/mol. The minimum absolute atomic E-state index is 0.0581. The van der Waals surface area contributed by atoms with Gasteiger partial charge in [0.25, 0.3) is 5.89 Å². The number of likely N-dealkylation sites (tertiary alicyclic amines) is 1. The van der Waals surface area contributed by atoms with Crippen LogP contribution in [-0.4, -0.2) is 81.9 Å². The molecule has 2 saturated heterocycles. The van der Waals surface area contributed by atoms with E-state index in [1.54, 1.807) is 14.0 Å². The van der Waals surface area contributed by atoms with Gasteiger partial charge >= 0.3 is 0 Å². The summed E-state index contributed by atoms with van der Waals surface area (Å²) in [6.45, 7) is 8.45. The van der Waals surface area contributed by atoms with Gasteiger partial charge in [-0.1, -0.05) is 42.3 Å². The zero-order valence-electron chi connectivity index (χ0n) is 22.0. The average Bonchev–Trinajstić information content (AvgIpc) is 3.37. The van der Waals surface area contributed by atoms with Crippen LogP contribution in [0.5, 0.6) is 0 Å². The second-order valence-electron chi connectivity index (χ2n) is 9.85. The van der Waals surface area contributed by atoms with Gasteiger partial charge in [0.15, 0.2) is 22.5 Å². The molecule has 2 aliphatic heterocycles. The normalized spacial score (nSPS) is 20.7. The minimum atomic E-state index is -0.0581. The third-order valence-electron chi connectivity index (χ3n) is 7.57. The van der Waals surface area contributed by atoms with Gasteiger partial charge in [0.2, 0.25) is 5.89 Å². The van der Waals surface area contributed by atoms with Gasteiger partial charge in [0, 0.05) is 63.9 Å². The number of piperidine rings is 1. The summed E-state index contributed by atoms with van der Waals surface area (Å²) < 4.78 is 11.3. The lowest BCUT2D eigenvalue weighted by Crippen LogP contribution is -2.58. The number of nitrogen functional groups attached to an aromatic ring is 1. The van der Waals surface area contributed by atoms with Crippen LogP contribution in [0, 0.1) is 6.92 Å². The van der Waals surface area contributed by atoms with E-state index in [1.807, 2.05) is 24.3 Å². The van der Waals surface area contributed by atoms with Crippen molar-refractivity contribution in [2.24, 2.45) is 0 Å². The van der Waals surface area contributed by atoms with Crippen molar-refractivity contribution in [2.75, 3.05) is 50.5 Å². The number of aromatic nitrogens is 4. The lowest BCUT2D eigenvalue weighted by molar-refractivity contribution is -0.0590. The second-order valence-corrected chi connectivity index (χ2v) is 10.6. The molecule has 2 fully saturated rings. The van der Waals surface area contributed by atoms with E-state index >= 15 is 0 Å². The number of ether oxygens (including phenoxy) is 1. The Kier molecular flexibility index (Phi) is 8.35. The molecule has 10 nitrogen and oxygen atoms in total. The summed E-state index contributed by atoms with van der Waals surface area (Å²) in [4.78, 5) is 16.3. The molecule has 204 valence electrons. The van der Waals surface area contributed by atoms with E-state index in [1.165, 1.54) is 0 Å². The molecule has 0 radical (unpaired) electrons. The number of anilines is 2. The number of nitrogens with two attached hydrogens (primary N) is 1. The first-order valence-electron chi connectivity index (χ1n) is 13.0. The van der Waals surface area contributed by atoms with Gasteiger partial charge in [-0.3, -0.25) is 9.80 Å². The first-order valence-corrected chi connectivity index (χ1v) is 13.8. The molecule has 5 rings (SSSR count). The second kappa shape index (κ2) is 11.7. The fourth-order valence-corrected chi connectivity index (χ4v) is 6.02. The SMILES string of the molecule is CC[C@H]1CN(c2nc(N)c(-c3nnc(C)o3)nc2Cl)CCN1C1CCN([C@@H](OC)c2ccc(Cl)cc2)CC1. The van der Waals surface area contributed by atoms with E-state index < -0.39 is 0 Å². The number of hydrogen-bond acceptors (Lipinski definition) is 10. The van der Waals surface area contributed by atoms with Crippen LogP contribution in [0.4, 0.5) is 11.6 Å². The van der Waals surface area contributed by atoms with Crippen LogP contribution < -0.4 is 10.6 Å². The third-order valence-corrected chi connectivity index (χ3v) is 8.07. The van der Waals surface area contributed by atoms with Crippen molar-refractivity contribution in [1.29, 1.82) is 0 Å². The van der Waals surface area contributed by atoms with Gasteiger partial charge in [0.05, 0.1) is 0 Å². The summed E-state index contributed by atoms with van der Waals surface area (Å²) in [5, 5.41) is 8.86. The van der Waals surface area contributed by atoms with Crippen molar-refractivity contribution in [3.05, 3.63) is 45.9 Å². The molecular formula is C26H34Cl2N8O2. The number of halogens is 2. The van der Waals surface area contributed by atoms with E-state index in [-0.39, 0.29) is 23.1 Å². The van der Waals surface area contributed by atoms with Crippen molar-refractivity contribution in [3.8, 4) is 11.6 Å². The van der Waals surface area contributed by atoms with E-state index in [9.17, 15) is 0 Å². The topological polar surface area (TPSA) is 110 Å². The Morgan fingerprint density at radius 2 is 1.82 bits per heavy atom. The highest BCUT2D eigenvalue weighted by Gasteiger charge is 2.36. The number of piperazine rings is 1. The van der Waals surface area contributed by atoms with Crippen molar-refractivity contribution in [3.63, 3.8) is 0 Å². The Morgan fingerprint density at radius 1 is 1.08 bits per heavy atom. The Labute approximate surface area is 233 Å². The molecule has 12 heteroatoms. The largest absolute Gasteiger partial charge is 0.420 e. The van der Waals surface area contributed by atoms with Crippen LogP contribution in [0.1, 0.15) is 43.9 Å². The maximum Gasteiger partial charge on any atom is 0.270 e. The summed E-state index contributed by atoms with van der Waals surface area (Å²) in [5.74, 6) is 1.47. The molecule has 3 aromatic rings. The molecule has 2 N–H and O–H groups in total. The van der Waals surface area contributed by atoms with Crippen molar-refractivity contribution < 1.29 is 9.15 Å². The van der Waals surface area contributed by atoms with Crippen LogP contribution in [0.15, 0.2) is 28.7 Å². The van der Waals surface area contributed by atoms with E-state index in [2.05, 4.69) is 41.8 Å². The molecule has 0 saturated carbocycles. The minimum Gasteiger partial charge on any atom is -0.420 e. The van der Waals surface area contributed by atoms with Gasteiger partial charge in [-0.2, -0.15) is 0 Å². The lowest BCUT2D eigenvalue weighted by atomic mass is 9.97. The van der Waals surface area contributed by atoms with Crippen LogP contribution in [-0.2, 0) is 4.74 Å². The molecule has 0 bridgehead atoms. The molecule has 4 heterocycles. The molecule has 38 heavy (non-hydrogen) atoms. The molecular weight excluding hydrogens is 527 g/mol. The van der Waals surface area contributed by atoms with Crippen LogP contribution >= 0.6 is 23.2 Å². The maximum atomic E-state index is 6.59. The van der Waals surface area contributed by atoms with Crippen molar-refractivity contribution >= 4 is 34.8 Å². The number of benzene rings is 1. The molecule has 0 unspecified atom stereocenters. The molecule has 2 aromatic heterocycles. The predicted molar refractivity (Wildman–Crippen MR) is 148 cm³/mol. The zero-order chi connectivity index (χ0) is 26.8. The summed E-state index contributed by atoms with van der Waals surface area (Å²) in [7, 11) is 1.77. The molecule has 0 spiro atoms.